The van der Waals surface area contributed by atoms with Gasteiger partial charge in [0, 0.05) is 19.1 Å². The predicted octanol–water partition coefficient (Wildman–Crippen LogP) is 5.17. The minimum absolute atomic E-state index is 0.279. The quantitative estimate of drug-likeness (QED) is 0.722. The zero-order valence-corrected chi connectivity index (χ0v) is 18.8. The van der Waals surface area contributed by atoms with Gasteiger partial charge in [0.25, 0.3) is 0 Å². The molecule has 0 atom stereocenters. The van der Waals surface area contributed by atoms with Gasteiger partial charge >= 0.3 is 6.09 Å². The highest BCUT2D eigenvalue weighted by Gasteiger charge is 2.48. The van der Waals surface area contributed by atoms with E-state index in [-0.39, 0.29) is 12.1 Å². The van der Waals surface area contributed by atoms with Crippen molar-refractivity contribution in [3.63, 3.8) is 0 Å². The first-order valence-electron chi connectivity index (χ1n) is 12.6. The summed E-state index contributed by atoms with van der Waals surface area (Å²) >= 11 is 0. The van der Waals surface area contributed by atoms with E-state index in [1.165, 1.54) is 44.9 Å². The topological polar surface area (TPSA) is 59.4 Å². The van der Waals surface area contributed by atoms with Crippen molar-refractivity contribution in [3.8, 4) is 11.4 Å². The summed E-state index contributed by atoms with van der Waals surface area (Å²) in [5.74, 6) is 4.53. The Bertz CT molecular complexity index is 920. The summed E-state index contributed by atoms with van der Waals surface area (Å²) < 4.78 is 7.90. The molecule has 4 aliphatic carbocycles. The average molecular weight is 435 g/mol. The molecule has 6 nitrogen and oxygen atoms in total. The van der Waals surface area contributed by atoms with Gasteiger partial charge < -0.3 is 15.0 Å². The minimum Gasteiger partial charge on any atom is -0.405 e. The number of ether oxygens (including phenoxy) is 1. The molecule has 1 aromatic heterocycles. The number of hydrogen-bond donors (Lipinski definition) is 1. The number of nitrogens with one attached hydrogen (secondary N) is 1. The van der Waals surface area contributed by atoms with Crippen molar-refractivity contribution < 1.29 is 9.53 Å². The molecular formula is C26H34N4O2. The van der Waals surface area contributed by atoms with Crippen LogP contribution in [-0.4, -0.2) is 35.0 Å². The molecule has 5 fully saturated rings. The van der Waals surface area contributed by atoms with Crippen LogP contribution in [0.2, 0.25) is 0 Å². The molecule has 1 aromatic carbocycles. The molecule has 1 saturated heterocycles. The maximum Gasteiger partial charge on any atom is 0.413 e. The number of carbonyl (C=O) groups excluding carboxylic acids is 1. The van der Waals surface area contributed by atoms with E-state index in [1.807, 2.05) is 35.0 Å². The number of para-hydroxylation sites is 1. The average Bonchev–Trinajstić information content (AvgIpc) is 3.01. The Labute approximate surface area is 190 Å². The maximum atomic E-state index is 13.1. The van der Waals surface area contributed by atoms with Gasteiger partial charge in [-0.25, -0.2) is 9.48 Å². The Hall–Kier alpha value is -2.50. The van der Waals surface area contributed by atoms with E-state index in [1.54, 1.807) is 6.20 Å². The van der Waals surface area contributed by atoms with Crippen LogP contribution in [0.3, 0.4) is 0 Å². The number of amides is 1. The lowest BCUT2D eigenvalue weighted by Crippen LogP contribution is -2.56. The number of nitrogens with zero attached hydrogens (tertiary/aromatic N) is 3. The van der Waals surface area contributed by atoms with Crippen molar-refractivity contribution in [3.05, 3.63) is 36.5 Å². The molecule has 0 radical (unpaired) electrons. The Morgan fingerprint density at radius 1 is 0.906 bits per heavy atom. The smallest absolute Gasteiger partial charge is 0.405 e. The van der Waals surface area contributed by atoms with Crippen molar-refractivity contribution >= 4 is 11.9 Å². The molecule has 2 heterocycles. The monoisotopic (exact) mass is 434 g/mol. The van der Waals surface area contributed by atoms with Crippen LogP contribution in [0.5, 0.6) is 5.75 Å². The highest BCUT2D eigenvalue weighted by molar-refractivity contribution is 5.73. The summed E-state index contributed by atoms with van der Waals surface area (Å²) in [6.07, 6.45) is 12.7. The molecule has 2 aromatic rings. The third kappa shape index (κ3) is 3.78. The van der Waals surface area contributed by atoms with E-state index in [9.17, 15) is 4.79 Å². The molecule has 5 aliphatic rings. The fraction of sp³-hybridized carbons (Fsp3) is 0.615. The van der Waals surface area contributed by atoms with Crippen molar-refractivity contribution in [1.82, 2.24) is 15.1 Å². The molecular weight excluding hydrogens is 400 g/mol. The van der Waals surface area contributed by atoms with Crippen molar-refractivity contribution in [2.24, 2.45) is 23.7 Å². The van der Waals surface area contributed by atoms with Crippen molar-refractivity contribution in [1.29, 1.82) is 0 Å². The summed E-state index contributed by atoms with van der Waals surface area (Å²) in [5.41, 5.74) is 0.989. The summed E-state index contributed by atoms with van der Waals surface area (Å²) in [6.45, 7) is 1.93. The van der Waals surface area contributed by atoms with Crippen LogP contribution in [0.25, 0.3) is 5.69 Å². The number of carbonyl (C=O) groups is 1. The Morgan fingerprint density at radius 3 is 2.22 bits per heavy atom. The summed E-state index contributed by atoms with van der Waals surface area (Å²) in [7, 11) is 0. The Morgan fingerprint density at radius 2 is 1.56 bits per heavy atom. The lowest BCUT2D eigenvalue weighted by molar-refractivity contribution is -0.0114. The fourth-order valence-electron chi connectivity index (χ4n) is 7.16. The largest absolute Gasteiger partial charge is 0.413 e. The molecule has 1 amide bonds. The first-order chi connectivity index (χ1) is 15.7. The standard InChI is InChI=1S/C26H34N4O2/c31-26(28-24-20-13-18-12-19(15-20)16-21(24)14-18)32-23-17-27-30(22-8-4-3-5-9-22)25(23)29-10-6-1-2-7-11-29/h3-5,8-9,17-21,24H,1-2,6-7,10-16H2,(H,28,31). The van der Waals surface area contributed by atoms with Crippen molar-refractivity contribution in [2.45, 2.75) is 63.8 Å². The second kappa shape index (κ2) is 8.45. The SMILES string of the molecule is O=C(NC1C2CC3CC(C2)CC1C3)Oc1cnn(-c2ccccc2)c1N1CCCCCC1. The molecule has 7 rings (SSSR count). The summed E-state index contributed by atoms with van der Waals surface area (Å²) in [5, 5.41) is 7.92. The normalized spacial score (nSPS) is 31.4. The van der Waals surface area contributed by atoms with E-state index in [0.29, 0.717) is 17.6 Å². The van der Waals surface area contributed by atoms with E-state index in [0.717, 1.165) is 49.3 Å². The molecule has 6 heteroatoms. The number of hydrogen-bond acceptors (Lipinski definition) is 4. The summed E-state index contributed by atoms with van der Waals surface area (Å²) in [4.78, 5) is 15.4. The Balaban J connectivity index is 1.23. The molecule has 170 valence electrons. The molecule has 1 N–H and O–H groups in total. The van der Waals surface area contributed by atoms with Gasteiger partial charge in [-0.2, -0.15) is 5.10 Å². The highest BCUT2D eigenvalue weighted by Crippen LogP contribution is 2.53. The predicted molar refractivity (Wildman–Crippen MR) is 124 cm³/mol. The second-order valence-electron chi connectivity index (χ2n) is 10.5. The number of rotatable bonds is 4. The molecule has 0 spiro atoms. The third-order valence-electron chi connectivity index (χ3n) is 8.33. The van der Waals surface area contributed by atoms with E-state index in [4.69, 9.17) is 4.74 Å². The van der Waals surface area contributed by atoms with Crippen molar-refractivity contribution in [2.75, 3.05) is 18.0 Å². The van der Waals surface area contributed by atoms with Crippen LogP contribution < -0.4 is 15.0 Å². The lowest BCUT2D eigenvalue weighted by Gasteiger charge is -2.54. The van der Waals surface area contributed by atoms with Crippen LogP contribution in [-0.2, 0) is 0 Å². The first kappa shape index (κ1) is 20.1. The molecule has 0 unspecified atom stereocenters. The third-order valence-corrected chi connectivity index (χ3v) is 8.33. The zero-order chi connectivity index (χ0) is 21.5. The van der Waals surface area contributed by atoms with Gasteiger partial charge in [-0.05, 0) is 80.8 Å². The number of benzene rings is 1. The van der Waals surface area contributed by atoms with Gasteiger partial charge in [0.2, 0.25) is 0 Å². The first-order valence-corrected chi connectivity index (χ1v) is 12.6. The van der Waals surface area contributed by atoms with E-state index in [2.05, 4.69) is 15.3 Å². The van der Waals surface area contributed by atoms with Crippen LogP contribution in [0.4, 0.5) is 10.6 Å². The molecule has 1 aliphatic heterocycles. The van der Waals surface area contributed by atoms with Gasteiger partial charge in [-0.15, -0.1) is 0 Å². The molecule has 32 heavy (non-hydrogen) atoms. The van der Waals surface area contributed by atoms with Crippen LogP contribution in [0, 0.1) is 23.7 Å². The van der Waals surface area contributed by atoms with Gasteiger partial charge in [0.1, 0.15) is 0 Å². The number of anilines is 1. The molecule has 4 saturated carbocycles. The maximum absolute atomic E-state index is 13.1. The minimum atomic E-state index is -0.314. The van der Waals surface area contributed by atoms with Crippen LogP contribution >= 0.6 is 0 Å². The lowest BCUT2D eigenvalue weighted by atomic mass is 9.54. The molecule has 4 bridgehead atoms. The van der Waals surface area contributed by atoms with Gasteiger partial charge in [-0.3, -0.25) is 0 Å². The van der Waals surface area contributed by atoms with E-state index >= 15 is 0 Å². The second-order valence-corrected chi connectivity index (χ2v) is 10.5. The van der Waals surface area contributed by atoms with Gasteiger partial charge in [0.15, 0.2) is 11.6 Å². The summed E-state index contributed by atoms with van der Waals surface area (Å²) in [6, 6.07) is 10.4. The zero-order valence-electron chi connectivity index (χ0n) is 18.8. The van der Waals surface area contributed by atoms with E-state index < -0.39 is 0 Å². The Kier molecular flexibility index (Phi) is 5.32. The highest BCUT2D eigenvalue weighted by atomic mass is 16.6. The van der Waals surface area contributed by atoms with Crippen LogP contribution in [0.1, 0.15) is 57.8 Å². The van der Waals surface area contributed by atoms with Crippen LogP contribution in [0.15, 0.2) is 36.5 Å². The number of aromatic nitrogens is 2. The van der Waals surface area contributed by atoms with Gasteiger partial charge in [-0.1, -0.05) is 31.0 Å². The fourth-order valence-corrected chi connectivity index (χ4v) is 7.16. The van der Waals surface area contributed by atoms with Gasteiger partial charge in [0.05, 0.1) is 11.9 Å².